The molecule has 25 heavy (non-hydrogen) atoms. The topological polar surface area (TPSA) is 58.6 Å². The summed E-state index contributed by atoms with van der Waals surface area (Å²) in [7, 11) is 0. The Balaban J connectivity index is 1.85. The maximum Gasteiger partial charge on any atom is 0.267 e. The molecule has 130 valence electrons. The summed E-state index contributed by atoms with van der Waals surface area (Å²) in [6.07, 6.45) is 0.254. The number of ether oxygens (including phenoxy) is 1. The fourth-order valence-electron chi connectivity index (χ4n) is 2.78. The lowest BCUT2D eigenvalue weighted by Gasteiger charge is -2.33. The van der Waals surface area contributed by atoms with E-state index in [0.717, 1.165) is 6.42 Å². The molecule has 2 amide bonds. The van der Waals surface area contributed by atoms with E-state index in [2.05, 4.69) is 5.32 Å². The molecule has 5 nitrogen and oxygen atoms in total. The lowest BCUT2D eigenvalue weighted by Crippen LogP contribution is -2.44. The summed E-state index contributed by atoms with van der Waals surface area (Å²) in [5, 5.41) is 2.72. The molecule has 3 rings (SSSR count). The van der Waals surface area contributed by atoms with E-state index in [1.807, 2.05) is 6.92 Å². The summed E-state index contributed by atoms with van der Waals surface area (Å²) in [4.78, 5) is 26.2. The van der Waals surface area contributed by atoms with E-state index in [1.165, 1.54) is 24.3 Å². The van der Waals surface area contributed by atoms with Crippen molar-refractivity contribution >= 4 is 23.2 Å². The van der Waals surface area contributed by atoms with Crippen LogP contribution in [0.5, 0.6) is 5.75 Å². The number of nitrogens with zero attached hydrogens (tertiary/aromatic N) is 1. The molecule has 2 aromatic carbocycles. The first-order chi connectivity index (χ1) is 12.0. The number of anilines is 2. The number of nitrogens with one attached hydrogen (secondary N) is 1. The van der Waals surface area contributed by atoms with Crippen molar-refractivity contribution in [2.75, 3.05) is 16.8 Å². The first-order valence-electron chi connectivity index (χ1n) is 8.18. The van der Waals surface area contributed by atoms with E-state index >= 15 is 0 Å². The number of rotatable bonds is 4. The number of benzene rings is 2. The molecule has 1 unspecified atom stereocenters. The standard InChI is InChI=1S/C19H19FN2O3/c1-3-9-22-16-8-7-15(11-17(16)25-12(2)19(22)24)21-18(23)13-5-4-6-14(20)10-13/h4-8,10-12H,3,9H2,1-2H3,(H,21,23). The van der Waals surface area contributed by atoms with Crippen LogP contribution in [0.15, 0.2) is 42.5 Å². The van der Waals surface area contributed by atoms with Crippen LogP contribution in [0.4, 0.5) is 15.8 Å². The quantitative estimate of drug-likeness (QED) is 0.923. The molecule has 0 spiro atoms. The van der Waals surface area contributed by atoms with Crippen molar-refractivity contribution in [3.63, 3.8) is 0 Å². The van der Waals surface area contributed by atoms with Crippen molar-refractivity contribution in [1.82, 2.24) is 0 Å². The fourth-order valence-corrected chi connectivity index (χ4v) is 2.78. The van der Waals surface area contributed by atoms with Crippen molar-refractivity contribution in [2.45, 2.75) is 26.4 Å². The molecule has 0 saturated heterocycles. The molecule has 1 aliphatic rings. The lowest BCUT2D eigenvalue weighted by atomic mass is 10.1. The Morgan fingerprint density at radius 3 is 2.80 bits per heavy atom. The summed E-state index contributed by atoms with van der Waals surface area (Å²) >= 11 is 0. The summed E-state index contributed by atoms with van der Waals surface area (Å²) in [6, 6.07) is 10.6. The van der Waals surface area contributed by atoms with E-state index in [4.69, 9.17) is 4.74 Å². The molecule has 6 heteroatoms. The zero-order chi connectivity index (χ0) is 18.0. The number of hydrogen-bond acceptors (Lipinski definition) is 3. The van der Waals surface area contributed by atoms with E-state index in [9.17, 15) is 14.0 Å². The maximum absolute atomic E-state index is 13.2. The highest BCUT2D eigenvalue weighted by Crippen LogP contribution is 2.36. The molecule has 0 radical (unpaired) electrons. The SMILES string of the molecule is CCCN1C(=O)C(C)Oc2cc(NC(=O)c3cccc(F)c3)ccc21. The van der Waals surface area contributed by atoms with Gasteiger partial charge in [0, 0.05) is 23.9 Å². The minimum atomic E-state index is -0.576. The molecular weight excluding hydrogens is 323 g/mol. The molecule has 0 aromatic heterocycles. The van der Waals surface area contributed by atoms with Crippen LogP contribution < -0.4 is 15.0 Å². The third kappa shape index (κ3) is 3.47. The van der Waals surface area contributed by atoms with E-state index in [0.29, 0.717) is 23.7 Å². The van der Waals surface area contributed by atoms with Gasteiger partial charge < -0.3 is 15.0 Å². The van der Waals surface area contributed by atoms with Gasteiger partial charge in [-0.25, -0.2) is 4.39 Å². The molecule has 1 aliphatic heterocycles. The van der Waals surface area contributed by atoms with Gasteiger partial charge in [0.05, 0.1) is 5.69 Å². The third-order valence-corrected chi connectivity index (χ3v) is 3.96. The van der Waals surface area contributed by atoms with Crippen LogP contribution in [-0.4, -0.2) is 24.5 Å². The molecular formula is C19H19FN2O3. The molecule has 1 N–H and O–H groups in total. The molecule has 1 atom stereocenters. The number of amides is 2. The smallest absolute Gasteiger partial charge is 0.267 e. The summed E-state index contributed by atoms with van der Waals surface area (Å²) in [5.74, 6) is -0.419. The van der Waals surface area contributed by atoms with Gasteiger partial charge in [0.15, 0.2) is 6.10 Å². The Morgan fingerprint density at radius 1 is 1.28 bits per heavy atom. The minimum absolute atomic E-state index is 0.0779. The van der Waals surface area contributed by atoms with Gasteiger partial charge in [0.2, 0.25) is 0 Å². The highest BCUT2D eigenvalue weighted by Gasteiger charge is 2.31. The van der Waals surface area contributed by atoms with Crippen molar-refractivity contribution in [1.29, 1.82) is 0 Å². The average molecular weight is 342 g/mol. The molecule has 1 heterocycles. The van der Waals surface area contributed by atoms with Crippen LogP contribution in [0.1, 0.15) is 30.6 Å². The van der Waals surface area contributed by atoms with Crippen LogP contribution in [0.3, 0.4) is 0 Å². The predicted molar refractivity (Wildman–Crippen MR) is 93.5 cm³/mol. The molecule has 0 bridgehead atoms. The van der Waals surface area contributed by atoms with Crippen LogP contribution in [0.25, 0.3) is 0 Å². The van der Waals surface area contributed by atoms with Crippen molar-refractivity contribution in [2.24, 2.45) is 0 Å². The van der Waals surface area contributed by atoms with Crippen molar-refractivity contribution < 1.29 is 18.7 Å². The number of carbonyl (C=O) groups excluding carboxylic acids is 2. The lowest BCUT2D eigenvalue weighted by molar-refractivity contribution is -0.125. The summed E-state index contributed by atoms with van der Waals surface area (Å²) in [6.45, 7) is 4.31. The van der Waals surface area contributed by atoms with E-state index in [1.54, 1.807) is 30.0 Å². The van der Waals surface area contributed by atoms with Gasteiger partial charge in [0.25, 0.3) is 11.8 Å². The maximum atomic E-state index is 13.2. The van der Waals surface area contributed by atoms with Gasteiger partial charge in [-0.3, -0.25) is 9.59 Å². The fraction of sp³-hybridized carbons (Fsp3) is 0.263. The molecule has 0 fully saturated rings. The first-order valence-corrected chi connectivity index (χ1v) is 8.18. The van der Waals surface area contributed by atoms with Gasteiger partial charge in [-0.2, -0.15) is 0 Å². The van der Waals surface area contributed by atoms with Crippen molar-refractivity contribution in [3.05, 3.63) is 53.8 Å². The minimum Gasteiger partial charge on any atom is -0.479 e. The van der Waals surface area contributed by atoms with E-state index < -0.39 is 17.8 Å². The normalized spacial score (nSPS) is 16.2. The average Bonchev–Trinajstić information content (AvgIpc) is 2.59. The highest BCUT2D eigenvalue weighted by molar-refractivity contribution is 6.05. The van der Waals surface area contributed by atoms with Gasteiger partial charge in [-0.15, -0.1) is 0 Å². The van der Waals surface area contributed by atoms with Gasteiger partial charge >= 0.3 is 0 Å². The van der Waals surface area contributed by atoms with Gasteiger partial charge in [0.1, 0.15) is 11.6 Å². The zero-order valence-electron chi connectivity index (χ0n) is 14.1. The van der Waals surface area contributed by atoms with E-state index in [-0.39, 0.29) is 11.5 Å². The van der Waals surface area contributed by atoms with Gasteiger partial charge in [-0.05, 0) is 43.7 Å². The van der Waals surface area contributed by atoms with Crippen LogP contribution >= 0.6 is 0 Å². The molecule has 2 aromatic rings. The molecule has 0 aliphatic carbocycles. The summed E-state index contributed by atoms with van der Waals surface area (Å²) < 4.78 is 18.9. The van der Waals surface area contributed by atoms with Crippen LogP contribution in [0, 0.1) is 5.82 Å². The Hall–Kier alpha value is -2.89. The number of hydrogen-bond donors (Lipinski definition) is 1. The van der Waals surface area contributed by atoms with Crippen molar-refractivity contribution in [3.8, 4) is 5.75 Å². The second kappa shape index (κ2) is 6.93. The molecule has 0 saturated carbocycles. The monoisotopic (exact) mass is 342 g/mol. The van der Waals surface area contributed by atoms with Crippen LogP contribution in [0.2, 0.25) is 0 Å². The van der Waals surface area contributed by atoms with Crippen LogP contribution in [-0.2, 0) is 4.79 Å². The largest absolute Gasteiger partial charge is 0.479 e. The highest BCUT2D eigenvalue weighted by atomic mass is 19.1. The van der Waals surface area contributed by atoms with Gasteiger partial charge in [-0.1, -0.05) is 13.0 Å². The number of halogens is 1. The second-order valence-electron chi connectivity index (χ2n) is 5.90. The predicted octanol–water partition coefficient (Wildman–Crippen LogP) is 3.60. The first kappa shape index (κ1) is 17.0. The Labute approximate surface area is 145 Å². The Morgan fingerprint density at radius 2 is 2.08 bits per heavy atom. The second-order valence-corrected chi connectivity index (χ2v) is 5.90. The number of fused-ring (bicyclic) bond motifs is 1. The third-order valence-electron chi connectivity index (χ3n) is 3.96. The number of carbonyl (C=O) groups is 2. The Kier molecular flexibility index (Phi) is 4.70. The Bertz CT molecular complexity index is 822. The zero-order valence-corrected chi connectivity index (χ0v) is 14.1. The summed E-state index contributed by atoms with van der Waals surface area (Å²) in [5.41, 5.74) is 1.44.